The SMILES string of the molecule is CC(=O)Cc1c(N)cccc1OC(F)F. The van der Waals surface area contributed by atoms with Crippen LogP contribution in [0.4, 0.5) is 14.5 Å². The van der Waals surface area contributed by atoms with Gasteiger partial charge in [-0.2, -0.15) is 8.78 Å². The van der Waals surface area contributed by atoms with Gasteiger partial charge in [0.15, 0.2) is 0 Å². The van der Waals surface area contributed by atoms with Gasteiger partial charge in [-0.05, 0) is 19.1 Å². The van der Waals surface area contributed by atoms with Crippen molar-refractivity contribution in [3.8, 4) is 5.75 Å². The van der Waals surface area contributed by atoms with Gasteiger partial charge >= 0.3 is 6.61 Å². The fraction of sp³-hybridized carbons (Fsp3) is 0.300. The quantitative estimate of drug-likeness (QED) is 0.781. The number of Topliss-reactive ketones (excluding diaryl/α,β-unsaturated/α-hetero) is 1. The smallest absolute Gasteiger partial charge is 0.387 e. The van der Waals surface area contributed by atoms with Crippen molar-refractivity contribution in [1.29, 1.82) is 0 Å². The molecule has 0 radical (unpaired) electrons. The molecule has 0 heterocycles. The Morgan fingerprint density at radius 2 is 2.20 bits per heavy atom. The summed E-state index contributed by atoms with van der Waals surface area (Å²) in [4.78, 5) is 10.9. The molecule has 2 N–H and O–H groups in total. The molecule has 0 saturated heterocycles. The molecular formula is C10H11F2NO2. The maximum atomic E-state index is 12.0. The topological polar surface area (TPSA) is 52.3 Å². The van der Waals surface area contributed by atoms with Gasteiger partial charge in [0.05, 0.1) is 0 Å². The van der Waals surface area contributed by atoms with Crippen LogP contribution in [0.25, 0.3) is 0 Å². The van der Waals surface area contributed by atoms with Crippen LogP contribution in [-0.4, -0.2) is 12.4 Å². The average Bonchev–Trinajstić information content (AvgIpc) is 2.09. The summed E-state index contributed by atoms with van der Waals surface area (Å²) in [6.45, 7) is -1.56. The second-order valence-corrected chi connectivity index (χ2v) is 3.08. The Kier molecular flexibility index (Phi) is 3.60. The van der Waals surface area contributed by atoms with Gasteiger partial charge in [-0.25, -0.2) is 0 Å². The van der Waals surface area contributed by atoms with E-state index in [-0.39, 0.29) is 23.6 Å². The van der Waals surface area contributed by atoms with Crippen LogP contribution >= 0.6 is 0 Å². The number of rotatable bonds is 4. The number of alkyl halides is 2. The highest BCUT2D eigenvalue weighted by molar-refractivity contribution is 5.81. The standard InChI is InChI=1S/C10H11F2NO2/c1-6(14)5-7-8(13)3-2-4-9(7)15-10(11)12/h2-4,10H,5,13H2,1H3. The number of carbonyl (C=O) groups is 1. The molecule has 0 atom stereocenters. The molecule has 1 rings (SSSR count). The normalized spacial score (nSPS) is 10.4. The van der Waals surface area contributed by atoms with E-state index in [2.05, 4.69) is 4.74 Å². The Labute approximate surface area is 85.8 Å². The second-order valence-electron chi connectivity index (χ2n) is 3.08. The summed E-state index contributed by atoms with van der Waals surface area (Å²) in [5.41, 5.74) is 6.16. The van der Waals surface area contributed by atoms with Crippen LogP contribution in [0.3, 0.4) is 0 Å². The van der Waals surface area contributed by atoms with Crippen LogP contribution in [-0.2, 0) is 11.2 Å². The molecule has 0 spiro atoms. The van der Waals surface area contributed by atoms with Crippen LogP contribution in [0, 0.1) is 0 Å². The summed E-state index contributed by atoms with van der Waals surface area (Å²) in [6.07, 6.45) is -0.00523. The number of hydrogen-bond acceptors (Lipinski definition) is 3. The molecule has 1 aromatic carbocycles. The number of anilines is 1. The Balaban J connectivity index is 3.02. The molecule has 0 bridgehead atoms. The van der Waals surface area contributed by atoms with E-state index in [0.717, 1.165) is 0 Å². The zero-order valence-corrected chi connectivity index (χ0v) is 8.17. The Hall–Kier alpha value is -1.65. The molecule has 0 aliphatic carbocycles. The lowest BCUT2D eigenvalue weighted by Gasteiger charge is -2.11. The van der Waals surface area contributed by atoms with Gasteiger partial charge in [-0.1, -0.05) is 6.07 Å². The molecule has 3 nitrogen and oxygen atoms in total. The molecule has 0 aromatic heterocycles. The van der Waals surface area contributed by atoms with Gasteiger partial charge < -0.3 is 10.5 Å². The second kappa shape index (κ2) is 4.72. The van der Waals surface area contributed by atoms with Gasteiger partial charge in [0, 0.05) is 17.7 Å². The van der Waals surface area contributed by atoms with Gasteiger partial charge in [0.25, 0.3) is 0 Å². The molecule has 0 aliphatic rings. The summed E-state index contributed by atoms with van der Waals surface area (Å²) < 4.78 is 28.3. The first-order chi connectivity index (χ1) is 7.00. The van der Waals surface area contributed by atoms with Gasteiger partial charge in [-0.3, -0.25) is 4.79 Å². The van der Waals surface area contributed by atoms with E-state index in [1.807, 2.05) is 0 Å². The van der Waals surface area contributed by atoms with Gasteiger partial charge in [-0.15, -0.1) is 0 Å². The van der Waals surface area contributed by atoms with E-state index in [1.54, 1.807) is 0 Å². The minimum atomic E-state index is -2.92. The fourth-order valence-electron chi connectivity index (χ4n) is 1.23. The van der Waals surface area contributed by atoms with Crippen molar-refractivity contribution in [2.45, 2.75) is 20.0 Å². The van der Waals surface area contributed by atoms with Crippen LogP contribution in [0.2, 0.25) is 0 Å². The van der Waals surface area contributed by atoms with E-state index in [0.29, 0.717) is 5.56 Å². The van der Waals surface area contributed by atoms with Crippen LogP contribution < -0.4 is 10.5 Å². The molecule has 0 fully saturated rings. The largest absolute Gasteiger partial charge is 0.434 e. The number of hydrogen-bond donors (Lipinski definition) is 1. The number of nitrogens with two attached hydrogens (primary N) is 1. The lowest BCUT2D eigenvalue weighted by molar-refractivity contribution is -0.116. The van der Waals surface area contributed by atoms with E-state index >= 15 is 0 Å². The lowest BCUT2D eigenvalue weighted by Crippen LogP contribution is -2.08. The van der Waals surface area contributed by atoms with Gasteiger partial charge in [0.1, 0.15) is 11.5 Å². The zero-order valence-electron chi connectivity index (χ0n) is 8.17. The van der Waals surface area contributed by atoms with Crippen molar-refractivity contribution in [2.75, 3.05) is 5.73 Å². The van der Waals surface area contributed by atoms with Crippen molar-refractivity contribution >= 4 is 11.5 Å². The third kappa shape index (κ3) is 3.19. The molecular weight excluding hydrogens is 204 g/mol. The van der Waals surface area contributed by atoms with Crippen molar-refractivity contribution in [3.05, 3.63) is 23.8 Å². The highest BCUT2D eigenvalue weighted by Gasteiger charge is 2.13. The summed E-state index contributed by atoms with van der Waals surface area (Å²) in [6, 6.07) is 4.40. The molecule has 0 unspecified atom stereocenters. The molecule has 0 amide bonds. The highest BCUT2D eigenvalue weighted by Crippen LogP contribution is 2.26. The number of benzene rings is 1. The molecule has 5 heteroatoms. The number of halogens is 2. The van der Waals surface area contributed by atoms with Crippen LogP contribution in [0.5, 0.6) is 5.75 Å². The van der Waals surface area contributed by atoms with Crippen molar-refractivity contribution < 1.29 is 18.3 Å². The lowest BCUT2D eigenvalue weighted by atomic mass is 10.1. The number of ketones is 1. The monoisotopic (exact) mass is 215 g/mol. The Bertz CT molecular complexity index is 366. The number of nitrogen functional groups attached to an aromatic ring is 1. The minimum absolute atomic E-state index is 0.00523. The average molecular weight is 215 g/mol. The van der Waals surface area contributed by atoms with E-state index in [1.165, 1.54) is 25.1 Å². The number of carbonyl (C=O) groups excluding carboxylic acids is 1. The first-order valence-corrected chi connectivity index (χ1v) is 4.32. The molecule has 1 aromatic rings. The fourth-order valence-corrected chi connectivity index (χ4v) is 1.23. The summed E-state index contributed by atoms with van der Waals surface area (Å²) in [7, 11) is 0. The van der Waals surface area contributed by atoms with Crippen molar-refractivity contribution in [1.82, 2.24) is 0 Å². The Morgan fingerprint density at radius 1 is 1.53 bits per heavy atom. The van der Waals surface area contributed by atoms with E-state index in [9.17, 15) is 13.6 Å². The molecule has 15 heavy (non-hydrogen) atoms. The predicted molar refractivity (Wildman–Crippen MR) is 51.9 cm³/mol. The minimum Gasteiger partial charge on any atom is -0.434 e. The van der Waals surface area contributed by atoms with E-state index < -0.39 is 6.61 Å². The first-order valence-electron chi connectivity index (χ1n) is 4.32. The predicted octanol–water partition coefficient (Wildman–Crippen LogP) is 2.00. The maximum absolute atomic E-state index is 12.0. The third-order valence-corrected chi connectivity index (χ3v) is 1.81. The van der Waals surface area contributed by atoms with Gasteiger partial charge in [0.2, 0.25) is 0 Å². The first kappa shape index (κ1) is 11.4. The van der Waals surface area contributed by atoms with Crippen LogP contribution in [0.15, 0.2) is 18.2 Å². The van der Waals surface area contributed by atoms with Crippen molar-refractivity contribution in [2.24, 2.45) is 0 Å². The van der Waals surface area contributed by atoms with E-state index in [4.69, 9.17) is 5.73 Å². The summed E-state index contributed by atoms with van der Waals surface area (Å²) >= 11 is 0. The molecule has 0 aliphatic heterocycles. The van der Waals surface area contributed by atoms with Crippen LogP contribution in [0.1, 0.15) is 12.5 Å². The zero-order chi connectivity index (χ0) is 11.4. The molecule has 82 valence electrons. The summed E-state index contributed by atoms with van der Waals surface area (Å²) in [5.74, 6) is -0.202. The maximum Gasteiger partial charge on any atom is 0.387 e. The highest BCUT2D eigenvalue weighted by atomic mass is 19.3. The number of ether oxygens (including phenoxy) is 1. The Morgan fingerprint density at radius 3 is 2.73 bits per heavy atom. The third-order valence-electron chi connectivity index (χ3n) is 1.81. The summed E-state index contributed by atoms with van der Waals surface area (Å²) in [5, 5.41) is 0. The van der Waals surface area contributed by atoms with Crippen molar-refractivity contribution in [3.63, 3.8) is 0 Å². The molecule has 0 saturated carbocycles.